The average Bonchev–Trinajstić information content (AvgIpc) is 2.52. The summed E-state index contributed by atoms with van der Waals surface area (Å²) in [6.07, 6.45) is -0.0375. The number of sulfone groups is 1. The Morgan fingerprint density at radius 2 is 1.64 bits per heavy atom. The molecule has 5 atom stereocenters. The molecule has 0 fully saturated rings. The molecule has 0 unspecified atom stereocenters. The fourth-order valence-electron chi connectivity index (χ4n) is 2.51. The molecule has 0 aromatic heterocycles. The molecule has 1 aromatic rings. The van der Waals surface area contributed by atoms with E-state index in [1.54, 1.807) is 50.3 Å². The lowest BCUT2D eigenvalue weighted by molar-refractivity contribution is -0.0159. The average molecular weight is 326 g/mol. The lowest BCUT2D eigenvalue weighted by Gasteiger charge is -2.30. The fourth-order valence-corrected chi connectivity index (χ4v) is 4.16. The van der Waals surface area contributed by atoms with Crippen molar-refractivity contribution in [1.82, 2.24) is 0 Å². The highest BCUT2D eigenvalue weighted by molar-refractivity contribution is 7.91. The maximum Gasteiger partial charge on any atom is 0.178 e. The molecule has 0 aliphatic rings. The number of aliphatic hydroxyl groups is 2. The van der Waals surface area contributed by atoms with Crippen molar-refractivity contribution >= 4 is 9.84 Å². The molecule has 2 N–H and O–H groups in total. The molecule has 0 bridgehead atoms. The Balaban J connectivity index is 2.79. The van der Waals surface area contributed by atoms with Crippen LogP contribution in [0, 0.1) is 17.8 Å². The van der Waals surface area contributed by atoms with Gasteiger partial charge in [0.1, 0.15) is 0 Å². The van der Waals surface area contributed by atoms with Gasteiger partial charge in [-0.2, -0.15) is 0 Å². The SMILES string of the molecule is C=C[C@H](C)[C@H](O)[C@@H](C)[C@@H](O)[C@@H](C)CS(=O)(=O)c1ccccc1. The minimum Gasteiger partial charge on any atom is -0.392 e. The first-order valence-electron chi connectivity index (χ1n) is 7.47. The zero-order valence-corrected chi connectivity index (χ0v) is 14.2. The molecule has 0 saturated carbocycles. The van der Waals surface area contributed by atoms with Gasteiger partial charge in [0.05, 0.1) is 22.9 Å². The molecule has 5 heteroatoms. The van der Waals surface area contributed by atoms with Gasteiger partial charge >= 0.3 is 0 Å². The number of hydrogen-bond donors (Lipinski definition) is 2. The molecular formula is C17H26O4S. The van der Waals surface area contributed by atoms with Crippen LogP contribution in [0.1, 0.15) is 20.8 Å². The van der Waals surface area contributed by atoms with Crippen molar-refractivity contribution in [1.29, 1.82) is 0 Å². The second kappa shape index (κ2) is 7.90. The van der Waals surface area contributed by atoms with E-state index in [-0.39, 0.29) is 16.6 Å². The summed E-state index contributed by atoms with van der Waals surface area (Å²) in [4.78, 5) is 0.252. The van der Waals surface area contributed by atoms with Crippen LogP contribution in [0.3, 0.4) is 0 Å². The molecule has 0 radical (unpaired) electrons. The van der Waals surface area contributed by atoms with Crippen molar-refractivity contribution in [3.8, 4) is 0 Å². The van der Waals surface area contributed by atoms with E-state index < -0.39 is 33.9 Å². The zero-order chi connectivity index (χ0) is 16.9. The largest absolute Gasteiger partial charge is 0.392 e. The minimum atomic E-state index is -3.45. The van der Waals surface area contributed by atoms with Gasteiger partial charge in [0.15, 0.2) is 9.84 Å². The van der Waals surface area contributed by atoms with E-state index >= 15 is 0 Å². The van der Waals surface area contributed by atoms with Crippen molar-refractivity contribution in [2.75, 3.05) is 5.75 Å². The van der Waals surface area contributed by atoms with E-state index in [4.69, 9.17) is 0 Å². The quantitative estimate of drug-likeness (QED) is 0.719. The van der Waals surface area contributed by atoms with Gasteiger partial charge in [0.25, 0.3) is 0 Å². The van der Waals surface area contributed by atoms with Gasteiger partial charge in [-0.25, -0.2) is 8.42 Å². The van der Waals surface area contributed by atoms with E-state index in [0.29, 0.717) is 0 Å². The molecule has 0 spiro atoms. The summed E-state index contributed by atoms with van der Waals surface area (Å²) in [5.41, 5.74) is 0. The smallest absolute Gasteiger partial charge is 0.178 e. The number of aliphatic hydroxyl groups excluding tert-OH is 2. The Morgan fingerprint density at radius 1 is 1.09 bits per heavy atom. The monoisotopic (exact) mass is 326 g/mol. The summed E-state index contributed by atoms with van der Waals surface area (Å²) in [5, 5.41) is 20.5. The molecule has 0 amide bonds. The van der Waals surface area contributed by atoms with E-state index in [9.17, 15) is 18.6 Å². The molecule has 4 nitrogen and oxygen atoms in total. The number of benzene rings is 1. The van der Waals surface area contributed by atoms with Crippen LogP contribution in [-0.4, -0.2) is 36.6 Å². The molecule has 1 rings (SSSR count). The summed E-state index contributed by atoms with van der Waals surface area (Å²) >= 11 is 0. The van der Waals surface area contributed by atoms with Gasteiger partial charge in [-0.1, -0.05) is 45.0 Å². The minimum absolute atomic E-state index is 0.155. The maximum absolute atomic E-state index is 12.3. The molecule has 1 aromatic carbocycles. The van der Waals surface area contributed by atoms with Gasteiger partial charge in [0, 0.05) is 11.8 Å². The maximum atomic E-state index is 12.3. The van der Waals surface area contributed by atoms with Gasteiger partial charge < -0.3 is 10.2 Å². The Hall–Kier alpha value is -1.17. The van der Waals surface area contributed by atoms with Crippen LogP contribution in [0.5, 0.6) is 0 Å². The number of hydrogen-bond acceptors (Lipinski definition) is 4. The van der Waals surface area contributed by atoms with Gasteiger partial charge in [0.2, 0.25) is 0 Å². The first-order chi connectivity index (χ1) is 10.2. The summed E-state index contributed by atoms with van der Waals surface area (Å²) in [6.45, 7) is 8.85. The van der Waals surface area contributed by atoms with E-state index in [1.165, 1.54) is 0 Å². The molecule has 22 heavy (non-hydrogen) atoms. The topological polar surface area (TPSA) is 74.6 Å². The zero-order valence-electron chi connectivity index (χ0n) is 13.4. The van der Waals surface area contributed by atoms with Crippen molar-refractivity contribution in [3.05, 3.63) is 43.0 Å². The van der Waals surface area contributed by atoms with Crippen molar-refractivity contribution < 1.29 is 18.6 Å². The first-order valence-corrected chi connectivity index (χ1v) is 9.12. The molecule has 0 aliphatic carbocycles. The lowest BCUT2D eigenvalue weighted by Crippen LogP contribution is -2.39. The third-order valence-corrected chi connectivity index (χ3v) is 6.11. The van der Waals surface area contributed by atoms with E-state index in [2.05, 4.69) is 6.58 Å². The van der Waals surface area contributed by atoms with Crippen LogP contribution in [0.4, 0.5) is 0 Å². The van der Waals surface area contributed by atoms with Gasteiger partial charge in [-0.15, -0.1) is 6.58 Å². The van der Waals surface area contributed by atoms with Crippen molar-refractivity contribution in [2.24, 2.45) is 17.8 Å². The van der Waals surface area contributed by atoms with Crippen LogP contribution in [0.2, 0.25) is 0 Å². The third kappa shape index (κ3) is 4.66. The van der Waals surface area contributed by atoms with Gasteiger partial charge in [-0.05, 0) is 18.1 Å². The predicted octanol–water partition coefficient (Wildman–Crippen LogP) is 2.28. The summed E-state index contributed by atoms with van der Waals surface area (Å²) < 4.78 is 24.7. The Labute approximate surface area is 133 Å². The highest BCUT2D eigenvalue weighted by Gasteiger charge is 2.32. The van der Waals surface area contributed by atoms with Crippen molar-refractivity contribution in [2.45, 2.75) is 37.9 Å². The Morgan fingerprint density at radius 3 is 2.14 bits per heavy atom. The molecule has 124 valence electrons. The lowest BCUT2D eigenvalue weighted by atomic mass is 9.85. The third-order valence-electron chi connectivity index (χ3n) is 4.16. The second-order valence-corrected chi connectivity index (χ2v) is 8.04. The number of rotatable bonds is 8. The van der Waals surface area contributed by atoms with Crippen LogP contribution in [0.15, 0.2) is 47.9 Å². The Bertz CT molecular complexity index is 568. The van der Waals surface area contributed by atoms with Crippen LogP contribution in [-0.2, 0) is 9.84 Å². The fraction of sp³-hybridized carbons (Fsp3) is 0.529. The summed E-state index contributed by atoms with van der Waals surface area (Å²) in [7, 11) is -3.45. The summed E-state index contributed by atoms with van der Waals surface area (Å²) in [6, 6.07) is 8.20. The molecule has 0 aliphatic heterocycles. The molecular weight excluding hydrogens is 300 g/mol. The van der Waals surface area contributed by atoms with Crippen molar-refractivity contribution in [3.63, 3.8) is 0 Å². The standard InChI is InChI=1S/C17H26O4S/c1-5-12(2)16(18)14(4)17(19)13(3)11-22(20,21)15-9-7-6-8-10-15/h5-10,12-14,16-19H,1,11H2,2-4H3/t12-,13-,14+,16-,17-/m0/s1. The summed E-state index contributed by atoms with van der Waals surface area (Å²) in [5.74, 6) is -1.24. The second-order valence-electron chi connectivity index (χ2n) is 6.01. The van der Waals surface area contributed by atoms with Crippen LogP contribution >= 0.6 is 0 Å². The molecule has 0 heterocycles. The van der Waals surface area contributed by atoms with Crippen LogP contribution in [0.25, 0.3) is 0 Å². The van der Waals surface area contributed by atoms with E-state index in [0.717, 1.165) is 0 Å². The Kier molecular flexibility index (Phi) is 6.78. The molecule has 0 saturated heterocycles. The van der Waals surface area contributed by atoms with E-state index in [1.807, 2.05) is 6.92 Å². The van der Waals surface area contributed by atoms with Crippen LogP contribution < -0.4 is 0 Å². The highest BCUT2D eigenvalue weighted by Crippen LogP contribution is 2.24. The normalized spacial score (nSPS) is 19.0. The predicted molar refractivity (Wildman–Crippen MR) is 88.2 cm³/mol. The highest BCUT2D eigenvalue weighted by atomic mass is 32.2. The first kappa shape index (κ1) is 18.9. The van der Waals surface area contributed by atoms with Gasteiger partial charge in [-0.3, -0.25) is 0 Å².